The van der Waals surface area contributed by atoms with Crippen LogP contribution in [0.5, 0.6) is 0 Å². The summed E-state index contributed by atoms with van der Waals surface area (Å²) in [4.78, 5) is 19.4. The fourth-order valence-electron chi connectivity index (χ4n) is 4.13. The van der Waals surface area contributed by atoms with Crippen molar-refractivity contribution in [3.63, 3.8) is 0 Å². The number of rotatable bonds is 7. The summed E-state index contributed by atoms with van der Waals surface area (Å²) >= 11 is 0. The number of piperidine rings is 1. The number of likely N-dealkylation sites (tertiary alicyclic amines) is 1. The average Bonchev–Trinajstić information content (AvgIpc) is 3.33. The van der Waals surface area contributed by atoms with Gasteiger partial charge in [-0.15, -0.1) is 0 Å². The number of amides is 2. The first-order chi connectivity index (χ1) is 15.6. The first-order valence-corrected chi connectivity index (χ1v) is 10.8. The Morgan fingerprint density at radius 2 is 2.00 bits per heavy atom. The molecule has 1 aliphatic rings. The first kappa shape index (κ1) is 22.0. The van der Waals surface area contributed by atoms with Crippen LogP contribution >= 0.6 is 0 Å². The standard InChI is InChI=1S/C24H27FN4O3/c1-31-15-13-24(22-27-21(32-28-22)19-8-10-20(25)11-9-19)12-5-14-29(17-24)23(30)26-16-18-6-3-2-4-7-18/h2-4,6-11H,5,12-17H2,1H3,(H,26,30). The summed E-state index contributed by atoms with van der Waals surface area (Å²) in [7, 11) is 1.65. The van der Waals surface area contributed by atoms with E-state index in [-0.39, 0.29) is 11.8 Å². The number of carbonyl (C=O) groups is 1. The molecule has 1 aliphatic heterocycles. The van der Waals surface area contributed by atoms with Crippen LogP contribution in [-0.4, -0.2) is 47.9 Å². The highest BCUT2D eigenvalue weighted by atomic mass is 19.1. The second kappa shape index (κ2) is 9.91. The van der Waals surface area contributed by atoms with Crippen LogP contribution in [0.2, 0.25) is 0 Å². The number of ether oxygens (including phenoxy) is 1. The molecule has 32 heavy (non-hydrogen) atoms. The molecule has 1 saturated heterocycles. The number of aromatic nitrogens is 2. The van der Waals surface area contributed by atoms with Crippen molar-refractivity contribution in [1.29, 1.82) is 0 Å². The SMILES string of the molecule is COCCC1(c2noc(-c3ccc(F)cc3)n2)CCCN(C(=O)NCc2ccccc2)C1. The van der Waals surface area contributed by atoms with E-state index in [4.69, 9.17) is 9.26 Å². The molecular weight excluding hydrogens is 411 g/mol. The number of hydrogen-bond acceptors (Lipinski definition) is 5. The molecule has 0 radical (unpaired) electrons. The zero-order valence-electron chi connectivity index (χ0n) is 18.1. The van der Waals surface area contributed by atoms with Gasteiger partial charge in [0.2, 0.25) is 0 Å². The van der Waals surface area contributed by atoms with Gasteiger partial charge >= 0.3 is 6.03 Å². The third-order valence-electron chi connectivity index (χ3n) is 5.93. The summed E-state index contributed by atoms with van der Waals surface area (Å²) in [5, 5.41) is 7.26. The molecule has 8 heteroatoms. The predicted molar refractivity (Wildman–Crippen MR) is 117 cm³/mol. The van der Waals surface area contributed by atoms with Crippen molar-refractivity contribution in [1.82, 2.24) is 20.4 Å². The van der Waals surface area contributed by atoms with Crippen LogP contribution in [0, 0.1) is 5.82 Å². The number of halogens is 1. The van der Waals surface area contributed by atoms with Crippen LogP contribution in [0.25, 0.3) is 11.5 Å². The highest BCUT2D eigenvalue weighted by molar-refractivity contribution is 5.74. The van der Waals surface area contributed by atoms with E-state index in [0.29, 0.717) is 49.9 Å². The zero-order chi connectivity index (χ0) is 22.4. The van der Waals surface area contributed by atoms with Gasteiger partial charge in [-0.2, -0.15) is 4.98 Å². The lowest BCUT2D eigenvalue weighted by atomic mass is 9.76. The lowest BCUT2D eigenvalue weighted by Crippen LogP contribution is -2.52. The number of methoxy groups -OCH3 is 1. The lowest BCUT2D eigenvalue weighted by Gasteiger charge is -2.40. The van der Waals surface area contributed by atoms with Crippen LogP contribution in [0.15, 0.2) is 59.1 Å². The molecule has 168 valence electrons. The largest absolute Gasteiger partial charge is 0.385 e. The fraction of sp³-hybridized carbons (Fsp3) is 0.375. The van der Waals surface area contributed by atoms with Crippen molar-refractivity contribution < 1.29 is 18.4 Å². The molecule has 2 heterocycles. The highest BCUT2D eigenvalue weighted by Gasteiger charge is 2.42. The van der Waals surface area contributed by atoms with Gasteiger partial charge in [0.1, 0.15) is 5.82 Å². The molecule has 4 rings (SSSR count). The molecular formula is C24H27FN4O3. The minimum Gasteiger partial charge on any atom is -0.385 e. The summed E-state index contributed by atoms with van der Waals surface area (Å²) in [6.07, 6.45) is 2.30. The van der Waals surface area contributed by atoms with Gasteiger partial charge in [-0.25, -0.2) is 9.18 Å². The normalized spacial score (nSPS) is 18.5. The first-order valence-electron chi connectivity index (χ1n) is 10.8. The van der Waals surface area contributed by atoms with Gasteiger partial charge in [0, 0.05) is 38.9 Å². The minimum absolute atomic E-state index is 0.113. The second-order valence-corrected chi connectivity index (χ2v) is 8.12. The number of urea groups is 1. The minimum atomic E-state index is -0.472. The molecule has 2 aromatic carbocycles. The number of nitrogens with one attached hydrogen (secondary N) is 1. The number of nitrogens with zero attached hydrogens (tertiary/aromatic N) is 3. The summed E-state index contributed by atoms with van der Waals surface area (Å²) in [5.41, 5.74) is 1.23. The van der Waals surface area contributed by atoms with Crippen molar-refractivity contribution in [3.05, 3.63) is 71.8 Å². The Morgan fingerprint density at radius 3 is 2.75 bits per heavy atom. The third kappa shape index (κ3) is 4.96. The van der Waals surface area contributed by atoms with Gasteiger partial charge in [-0.1, -0.05) is 35.5 Å². The fourth-order valence-corrected chi connectivity index (χ4v) is 4.13. The summed E-state index contributed by atoms with van der Waals surface area (Å²) in [6, 6.07) is 15.6. The molecule has 2 amide bonds. The molecule has 3 aromatic rings. The molecule has 1 N–H and O–H groups in total. The maximum Gasteiger partial charge on any atom is 0.317 e. The molecule has 1 aromatic heterocycles. The van der Waals surface area contributed by atoms with E-state index < -0.39 is 5.41 Å². The Kier molecular flexibility index (Phi) is 6.80. The lowest BCUT2D eigenvalue weighted by molar-refractivity contribution is 0.106. The van der Waals surface area contributed by atoms with Gasteiger partial charge < -0.3 is 19.5 Å². The third-order valence-corrected chi connectivity index (χ3v) is 5.93. The molecule has 0 spiro atoms. The van der Waals surface area contributed by atoms with Crippen molar-refractivity contribution in [2.24, 2.45) is 0 Å². The Labute approximate surface area is 186 Å². The zero-order valence-corrected chi connectivity index (χ0v) is 18.1. The monoisotopic (exact) mass is 438 g/mol. The second-order valence-electron chi connectivity index (χ2n) is 8.12. The molecule has 7 nitrogen and oxygen atoms in total. The molecule has 1 fully saturated rings. The van der Waals surface area contributed by atoms with Gasteiger partial charge in [0.15, 0.2) is 5.82 Å². The van der Waals surface area contributed by atoms with Crippen LogP contribution < -0.4 is 5.32 Å². The van der Waals surface area contributed by atoms with E-state index in [9.17, 15) is 9.18 Å². The molecule has 0 saturated carbocycles. The summed E-state index contributed by atoms with van der Waals surface area (Å²) in [6.45, 7) is 2.12. The van der Waals surface area contributed by atoms with E-state index in [0.717, 1.165) is 18.4 Å². The Bertz CT molecular complexity index is 1030. The van der Waals surface area contributed by atoms with E-state index in [1.165, 1.54) is 12.1 Å². The molecule has 0 aliphatic carbocycles. The van der Waals surface area contributed by atoms with Crippen molar-refractivity contribution >= 4 is 6.03 Å². The van der Waals surface area contributed by atoms with Crippen LogP contribution in [-0.2, 0) is 16.7 Å². The van der Waals surface area contributed by atoms with E-state index in [1.54, 1.807) is 19.2 Å². The van der Waals surface area contributed by atoms with Crippen LogP contribution in [0.1, 0.15) is 30.7 Å². The average molecular weight is 439 g/mol. The number of benzene rings is 2. The Hall–Kier alpha value is -3.26. The van der Waals surface area contributed by atoms with Crippen molar-refractivity contribution in [2.45, 2.75) is 31.2 Å². The Morgan fingerprint density at radius 1 is 1.22 bits per heavy atom. The van der Waals surface area contributed by atoms with Crippen LogP contribution in [0.3, 0.4) is 0 Å². The maximum absolute atomic E-state index is 13.3. The summed E-state index contributed by atoms with van der Waals surface area (Å²) in [5.74, 6) is 0.561. The highest BCUT2D eigenvalue weighted by Crippen LogP contribution is 2.37. The molecule has 1 atom stereocenters. The van der Waals surface area contributed by atoms with E-state index in [2.05, 4.69) is 15.5 Å². The summed E-state index contributed by atoms with van der Waals surface area (Å²) < 4.78 is 24.1. The van der Waals surface area contributed by atoms with Crippen molar-refractivity contribution in [2.75, 3.05) is 26.8 Å². The smallest absolute Gasteiger partial charge is 0.317 e. The van der Waals surface area contributed by atoms with E-state index >= 15 is 0 Å². The molecule has 0 bridgehead atoms. The van der Waals surface area contributed by atoms with Gasteiger partial charge in [-0.05, 0) is 49.1 Å². The van der Waals surface area contributed by atoms with Crippen LogP contribution in [0.4, 0.5) is 9.18 Å². The Balaban J connectivity index is 1.51. The number of carbonyl (C=O) groups excluding carboxylic acids is 1. The maximum atomic E-state index is 13.3. The topological polar surface area (TPSA) is 80.5 Å². The predicted octanol–water partition coefficient (Wildman–Crippen LogP) is 4.16. The van der Waals surface area contributed by atoms with Gasteiger partial charge in [0.25, 0.3) is 5.89 Å². The van der Waals surface area contributed by atoms with Gasteiger partial charge in [0.05, 0.1) is 5.41 Å². The van der Waals surface area contributed by atoms with Crippen molar-refractivity contribution in [3.8, 4) is 11.5 Å². The number of hydrogen-bond donors (Lipinski definition) is 1. The van der Waals surface area contributed by atoms with E-state index in [1.807, 2.05) is 35.2 Å². The molecule has 1 unspecified atom stereocenters. The van der Waals surface area contributed by atoms with Gasteiger partial charge in [-0.3, -0.25) is 0 Å². The quantitative estimate of drug-likeness (QED) is 0.599.